The van der Waals surface area contributed by atoms with E-state index in [1.54, 1.807) is 43.3 Å². The van der Waals surface area contributed by atoms with Gasteiger partial charge in [0.15, 0.2) is 5.16 Å². The number of rotatable bonds is 6. The summed E-state index contributed by atoms with van der Waals surface area (Å²) in [6, 6.07) is 13.3. The van der Waals surface area contributed by atoms with E-state index in [4.69, 9.17) is 0 Å². The first-order valence-corrected chi connectivity index (χ1v) is 9.71. The van der Waals surface area contributed by atoms with Gasteiger partial charge in [-0.1, -0.05) is 48.2 Å². The monoisotopic (exact) mass is 448 g/mol. The number of hydrogen-bond acceptors (Lipinski definition) is 6. The van der Waals surface area contributed by atoms with Gasteiger partial charge in [0.05, 0.1) is 4.92 Å². The van der Waals surface area contributed by atoms with Gasteiger partial charge in [-0.3, -0.25) is 14.9 Å². The van der Waals surface area contributed by atoms with Crippen LogP contribution in [0.5, 0.6) is 0 Å². The zero-order valence-electron chi connectivity index (χ0n) is 16.0. The lowest BCUT2D eigenvalue weighted by Gasteiger charge is -2.17. The van der Waals surface area contributed by atoms with E-state index in [-0.39, 0.29) is 16.5 Å². The van der Waals surface area contributed by atoms with Crippen molar-refractivity contribution in [3.8, 4) is 0 Å². The van der Waals surface area contributed by atoms with Gasteiger partial charge in [-0.25, -0.2) is 9.97 Å². The van der Waals surface area contributed by atoms with E-state index in [1.807, 2.05) is 0 Å². The van der Waals surface area contributed by atoms with Crippen molar-refractivity contribution in [3.63, 3.8) is 0 Å². The molecule has 0 saturated carbocycles. The van der Waals surface area contributed by atoms with Crippen LogP contribution in [-0.2, 0) is 11.0 Å². The number of aromatic nitrogens is 2. The molecule has 2 aromatic carbocycles. The lowest BCUT2D eigenvalue weighted by atomic mass is 10.1. The Labute approximate surface area is 178 Å². The van der Waals surface area contributed by atoms with Crippen molar-refractivity contribution in [1.82, 2.24) is 9.97 Å². The van der Waals surface area contributed by atoms with Gasteiger partial charge in [-0.15, -0.1) is 0 Å². The van der Waals surface area contributed by atoms with E-state index in [9.17, 15) is 28.1 Å². The molecule has 11 heteroatoms. The number of nitro groups is 1. The Morgan fingerprint density at radius 1 is 1.16 bits per heavy atom. The Bertz CT molecular complexity index is 1110. The molecule has 7 nitrogen and oxygen atoms in total. The third-order valence-corrected chi connectivity index (χ3v) is 5.22. The molecule has 1 N–H and O–H groups in total. The van der Waals surface area contributed by atoms with Crippen molar-refractivity contribution in [2.75, 3.05) is 5.32 Å². The van der Waals surface area contributed by atoms with Gasteiger partial charge < -0.3 is 5.32 Å². The molecule has 0 spiro atoms. The minimum Gasteiger partial charge on any atom is -0.319 e. The van der Waals surface area contributed by atoms with Gasteiger partial charge in [0.2, 0.25) is 5.91 Å². The van der Waals surface area contributed by atoms with Crippen LogP contribution >= 0.6 is 11.8 Å². The van der Waals surface area contributed by atoms with Gasteiger partial charge in [-0.05, 0) is 30.2 Å². The molecule has 0 bridgehead atoms. The smallest absolute Gasteiger partial charge is 0.319 e. The number of carbonyl (C=O) groups excluding carboxylic acids is 1. The SMILES string of the molecule is Cc1ccc(NC(=O)C(Sc2nccc(C(F)(F)F)n2)c2ccccc2)c([N+](=O)[O-])c1. The van der Waals surface area contributed by atoms with Crippen molar-refractivity contribution in [2.24, 2.45) is 0 Å². The van der Waals surface area contributed by atoms with Crippen molar-refractivity contribution in [3.05, 3.63) is 87.7 Å². The van der Waals surface area contributed by atoms with Gasteiger partial charge in [0, 0.05) is 12.3 Å². The van der Waals surface area contributed by atoms with E-state index in [0.717, 1.165) is 12.3 Å². The molecular weight excluding hydrogens is 433 g/mol. The fraction of sp³-hybridized carbons (Fsp3) is 0.150. The average molecular weight is 448 g/mol. The first kappa shape index (κ1) is 22.2. The number of alkyl halides is 3. The van der Waals surface area contributed by atoms with Crippen molar-refractivity contribution in [1.29, 1.82) is 0 Å². The molecule has 1 atom stereocenters. The second-order valence-corrected chi connectivity index (χ2v) is 7.47. The van der Waals surface area contributed by atoms with Crippen LogP contribution in [0, 0.1) is 17.0 Å². The minimum absolute atomic E-state index is 0.0212. The molecule has 0 radical (unpaired) electrons. The number of aryl methyl sites for hydroxylation is 1. The maximum Gasteiger partial charge on any atom is 0.433 e. The molecule has 0 saturated heterocycles. The molecule has 0 aliphatic rings. The number of amides is 1. The minimum atomic E-state index is -4.66. The Morgan fingerprint density at radius 2 is 1.87 bits per heavy atom. The molecule has 3 rings (SSSR count). The second kappa shape index (κ2) is 9.13. The maximum absolute atomic E-state index is 13.0. The number of carbonyl (C=O) groups is 1. The fourth-order valence-corrected chi connectivity index (χ4v) is 3.60. The topological polar surface area (TPSA) is 98.0 Å². The zero-order chi connectivity index (χ0) is 22.6. The Balaban J connectivity index is 1.94. The molecule has 31 heavy (non-hydrogen) atoms. The first-order valence-electron chi connectivity index (χ1n) is 8.83. The highest BCUT2D eigenvalue weighted by Crippen LogP contribution is 2.37. The summed E-state index contributed by atoms with van der Waals surface area (Å²) in [5.41, 5.74) is -0.337. The van der Waals surface area contributed by atoms with Gasteiger partial charge >= 0.3 is 6.18 Å². The molecule has 1 aromatic heterocycles. The number of nitro benzene ring substituents is 1. The van der Waals surface area contributed by atoms with Crippen LogP contribution in [0.15, 0.2) is 66.0 Å². The van der Waals surface area contributed by atoms with Crippen LogP contribution < -0.4 is 5.32 Å². The Morgan fingerprint density at radius 3 is 2.52 bits per heavy atom. The van der Waals surface area contributed by atoms with Crippen molar-refractivity contribution >= 4 is 29.0 Å². The number of nitrogens with one attached hydrogen (secondary N) is 1. The van der Waals surface area contributed by atoms with Crippen LogP contribution in [-0.4, -0.2) is 20.8 Å². The standard InChI is InChI=1S/C20H15F3N4O3S/c1-12-7-8-14(15(11-12)27(29)30)25-18(28)17(13-5-3-2-4-6-13)31-19-24-10-9-16(26-19)20(21,22)23/h2-11,17H,1H3,(H,25,28). The largest absolute Gasteiger partial charge is 0.433 e. The third kappa shape index (κ3) is 5.57. The summed E-state index contributed by atoms with van der Waals surface area (Å²) < 4.78 is 39.0. The predicted octanol–water partition coefficient (Wildman–Crippen LogP) is 5.18. The number of nitrogens with zero attached hydrogens (tertiary/aromatic N) is 3. The van der Waals surface area contributed by atoms with Crippen molar-refractivity contribution in [2.45, 2.75) is 23.5 Å². The van der Waals surface area contributed by atoms with E-state index in [2.05, 4.69) is 15.3 Å². The molecular formula is C20H15F3N4O3S. The molecule has 0 fully saturated rings. The normalized spacial score (nSPS) is 12.3. The summed E-state index contributed by atoms with van der Waals surface area (Å²) in [7, 11) is 0. The van der Waals surface area contributed by atoms with Gasteiger partial charge in [0.25, 0.3) is 5.69 Å². The molecule has 1 amide bonds. The molecule has 1 unspecified atom stereocenters. The predicted molar refractivity (Wildman–Crippen MR) is 109 cm³/mol. The van der Waals surface area contributed by atoms with E-state index >= 15 is 0 Å². The summed E-state index contributed by atoms with van der Waals surface area (Å²) in [5.74, 6) is -0.663. The lowest BCUT2D eigenvalue weighted by molar-refractivity contribution is -0.384. The van der Waals surface area contributed by atoms with E-state index in [0.29, 0.717) is 22.9 Å². The summed E-state index contributed by atoms with van der Waals surface area (Å²) >= 11 is 0.713. The lowest BCUT2D eigenvalue weighted by Crippen LogP contribution is -2.20. The first-order chi connectivity index (χ1) is 14.6. The fourth-order valence-electron chi connectivity index (χ4n) is 2.66. The number of anilines is 1. The Kier molecular flexibility index (Phi) is 6.54. The number of halogens is 3. The number of benzene rings is 2. The summed E-state index contributed by atoms with van der Waals surface area (Å²) in [6.45, 7) is 1.67. The third-order valence-electron chi connectivity index (χ3n) is 4.10. The molecule has 0 aliphatic carbocycles. The average Bonchev–Trinajstić information content (AvgIpc) is 2.73. The van der Waals surface area contributed by atoms with E-state index in [1.165, 1.54) is 12.1 Å². The van der Waals surface area contributed by atoms with Crippen LogP contribution in [0.25, 0.3) is 0 Å². The summed E-state index contributed by atoms with van der Waals surface area (Å²) in [5, 5.41) is 12.5. The summed E-state index contributed by atoms with van der Waals surface area (Å²) in [6.07, 6.45) is -3.70. The van der Waals surface area contributed by atoms with Crippen LogP contribution in [0.1, 0.15) is 22.1 Å². The zero-order valence-corrected chi connectivity index (χ0v) is 16.8. The highest BCUT2D eigenvalue weighted by atomic mass is 32.2. The van der Waals surface area contributed by atoms with Crippen LogP contribution in [0.3, 0.4) is 0 Å². The molecule has 160 valence electrons. The summed E-state index contributed by atoms with van der Waals surface area (Å²) in [4.78, 5) is 31.1. The molecule has 3 aromatic rings. The van der Waals surface area contributed by atoms with Crippen molar-refractivity contribution < 1.29 is 22.9 Å². The maximum atomic E-state index is 13.0. The Hall–Kier alpha value is -3.47. The van der Waals surface area contributed by atoms with E-state index < -0.39 is 28.0 Å². The van der Waals surface area contributed by atoms with Crippen LogP contribution in [0.4, 0.5) is 24.5 Å². The quantitative estimate of drug-likeness (QED) is 0.241. The highest BCUT2D eigenvalue weighted by molar-refractivity contribution is 8.00. The van der Waals surface area contributed by atoms with Gasteiger partial charge in [-0.2, -0.15) is 13.2 Å². The highest BCUT2D eigenvalue weighted by Gasteiger charge is 2.33. The number of thioether (sulfide) groups is 1. The molecule has 0 aliphatic heterocycles. The van der Waals surface area contributed by atoms with Gasteiger partial charge in [0.1, 0.15) is 16.6 Å². The number of hydrogen-bond donors (Lipinski definition) is 1. The molecule has 1 heterocycles. The van der Waals surface area contributed by atoms with Crippen LogP contribution in [0.2, 0.25) is 0 Å². The second-order valence-electron chi connectivity index (χ2n) is 6.40.